The molecule has 5 heterocycles. The quantitative estimate of drug-likeness (QED) is 0.0786. The number of H-pyrrole nitrogens is 1. The zero-order valence-electron chi connectivity index (χ0n) is 30.1. The number of ether oxygens (including phenoxy) is 1. The van der Waals surface area contributed by atoms with Gasteiger partial charge in [0.15, 0.2) is 18.0 Å². The summed E-state index contributed by atoms with van der Waals surface area (Å²) in [6, 6.07) is 29.8. The maximum atomic E-state index is 16.1. The van der Waals surface area contributed by atoms with Crippen LogP contribution in [-0.2, 0) is 16.1 Å². The lowest BCUT2D eigenvalue weighted by atomic mass is 9.90. The van der Waals surface area contributed by atoms with Crippen molar-refractivity contribution in [1.29, 1.82) is 0 Å². The topological polar surface area (TPSA) is 82.4 Å². The lowest BCUT2D eigenvalue weighted by Gasteiger charge is -2.30. The molecule has 8 rings (SSSR count). The monoisotopic (exact) mass is 733 g/mol. The van der Waals surface area contributed by atoms with E-state index < -0.39 is 6.97 Å². The van der Waals surface area contributed by atoms with E-state index in [1.165, 1.54) is 0 Å². The van der Waals surface area contributed by atoms with E-state index in [2.05, 4.69) is 22.1 Å². The van der Waals surface area contributed by atoms with Crippen molar-refractivity contribution in [2.45, 2.75) is 32.2 Å². The Hall–Kier alpha value is -6.67. The van der Waals surface area contributed by atoms with Gasteiger partial charge in [-0.05, 0) is 84.6 Å². The van der Waals surface area contributed by atoms with Crippen LogP contribution >= 0.6 is 0 Å². The van der Waals surface area contributed by atoms with Crippen LogP contribution in [0.4, 0.5) is 14.3 Å². The van der Waals surface area contributed by atoms with Crippen molar-refractivity contribution in [2.24, 2.45) is 0 Å². The number of nitrogens with one attached hydrogen (secondary N) is 2. The minimum Gasteiger partial charge on any atom is -0.484 e. The highest BCUT2D eigenvalue weighted by Crippen LogP contribution is 2.34. The van der Waals surface area contributed by atoms with Gasteiger partial charge in [0, 0.05) is 59.9 Å². The van der Waals surface area contributed by atoms with E-state index in [-0.39, 0.29) is 18.4 Å². The summed E-state index contributed by atoms with van der Waals surface area (Å²) >= 11 is 0. The maximum absolute atomic E-state index is 16.1. The number of anilines is 1. The van der Waals surface area contributed by atoms with Crippen LogP contribution in [0.2, 0.25) is 0 Å². The lowest BCUT2D eigenvalue weighted by Crippen LogP contribution is -2.50. The Morgan fingerprint density at radius 3 is 2.51 bits per heavy atom. The number of hydrogen-bond acceptors (Lipinski definition) is 3. The molecule has 0 unspecified atom stereocenters. The van der Waals surface area contributed by atoms with Gasteiger partial charge in [-0.3, -0.25) is 9.59 Å². The van der Waals surface area contributed by atoms with E-state index in [9.17, 15) is 9.59 Å². The van der Waals surface area contributed by atoms with E-state index in [0.29, 0.717) is 60.2 Å². The molecule has 0 radical (unpaired) electrons. The molecule has 3 aliphatic rings. The second-order valence-corrected chi connectivity index (χ2v) is 13.6. The molecular formula is C44H38BF2N5O3. The van der Waals surface area contributed by atoms with Gasteiger partial charge in [0.25, 0.3) is 5.91 Å². The average Bonchev–Trinajstić information content (AvgIpc) is 3.97. The van der Waals surface area contributed by atoms with E-state index in [4.69, 9.17) is 4.74 Å². The lowest BCUT2D eigenvalue weighted by molar-refractivity contribution is -0.360. The van der Waals surface area contributed by atoms with Crippen LogP contribution in [0.1, 0.15) is 65.0 Å². The number of benzene rings is 3. The van der Waals surface area contributed by atoms with Crippen molar-refractivity contribution in [1.82, 2.24) is 14.8 Å². The number of carbonyl (C=O) groups excluding carboxylic acids is 2. The van der Waals surface area contributed by atoms with Crippen LogP contribution in [0.15, 0.2) is 121 Å². The first-order valence-corrected chi connectivity index (χ1v) is 18.5. The van der Waals surface area contributed by atoms with Gasteiger partial charge in [-0.15, -0.1) is 0 Å². The van der Waals surface area contributed by atoms with Gasteiger partial charge < -0.3 is 37.5 Å². The molecule has 11 heteroatoms. The number of amides is 2. The number of aromatic amines is 1. The smallest absolute Gasteiger partial charge is 0.484 e. The number of nitrogens with zero attached hydrogens (tertiary/aromatic N) is 3. The Morgan fingerprint density at radius 2 is 1.67 bits per heavy atom. The second kappa shape index (κ2) is 15.4. The van der Waals surface area contributed by atoms with Crippen LogP contribution in [0.25, 0.3) is 18.2 Å². The van der Waals surface area contributed by atoms with Crippen molar-refractivity contribution in [3.05, 3.63) is 160 Å². The molecule has 3 aromatic carbocycles. The van der Waals surface area contributed by atoms with Crippen molar-refractivity contribution in [2.75, 3.05) is 18.1 Å². The molecule has 0 saturated carbocycles. The van der Waals surface area contributed by atoms with Crippen LogP contribution < -0.4 is 15.0 Å². The van der Waals surface area contributed by atoms with E-state index in [1.807, 2.05) is 65.6 Å². The number of halogens is 2. The molecule has 274 valence electrons. The number of aromatic nitrogens is 2. The van der Waals surface area contributed by atoms with E-state index in [1.54, 1.807) is 73.0 Å². The molecule has 3 aliphatic heterocycles. The Balaban J connectivity index is 0.786. The van der Waals surface area contributed by atoms with Crippen LogP contribution in [0.5, 0.6) is 5.75 Å². The molecule has 0 atom stereocenters. The number of unbranched alkanes of at least 4 members (excludes halogenated alkanes) is 2. The minimum absolute atomic E-state index is 0.0488. The fourth-order valence-corrected chi connectivity index (χ4v) is 7.20. The summed E-state index contributed by atoms with van der Waals surface area (Å²) in [6.07, 6.45) is 13.0. The molecule has 0 bridgehead atoms. The molecule has 0 aliphatic carbocycles. The van der Waals surface area contributed by atoms with Crippen molar-refractivity contribution in [3.63, 3.8) is 0 Å². The zero-order chi connectivity index (χ0) is 37.8. The predicted molar refractivity (Wildman–Crippen MR) is 212 cm³/mol. The average molecular weight is 734 g/mol. The van der Waals surface area contributed by atoms with Gasteiger partial charge >= 0.3 is 6.97 Å². The Labute approximate surface area is 318 Å². The minimum atomic E-state index is -4.14. The zero-order valence-corrected chi connectivity index (χ0v) is 30.1. The standard InChI is InChI=1S/C44H38BF2N5O3/c46-45(47)51-36(21-22-37(51)29-38-23-26-42(52(38)45)40-12-8-28-48-40)20-15-32-16-24-39(25-17-32)55-31-43(53)49-27-7-1-2-14-44(54)50-30-35-11-4-3-9-33(35)18-19-34-10-5-6-13-41(34)50/h3-6,8-13,15-17,20-26,28-29,48H,1-2,7,14,27,30-31H2,(H,49,53)/b20-15+. The number of allylic oxidation sites excluding steroid dienone is 2. The summed E-state index contributed by atoms with van der Waals surface area (Å²) in [6.45, 7) is -3.32. The summed E-state index contributed by atoms with van der Waals surface area (Å²) in [5.41, 5.74) is 6.76. The summed E-state index contributed by atoms with van der Waals surface area (Å²) in [5.74, 6) is 6.81. The van der Waals surface area contributed by atoms with Crippen LogP contribution in [0.3, 0.4) is 0 Å². The summed E-state index contributed by atoms with van der Waals surface area (Å²) in [7, 11) is 0. The highest BCUT2D eigenvalue weighted by Gasteiger charge is 2.52. The molecule has 0 saturated heterocycles. The second-order valence-electron chi connectivity index (χ2n) is 13.6. The third-order valence-corrected chi connectivity index (χ3v) is 9.98. The van der Waals surface area contributed by atoms with Gasteiger partial charge in [0.05, 0.1) is 12.2 Å². The number of rotatable bonds is 12. The molecule has 55 heavy (non-hydrogen) atoms. The first-order chi connectivity index (χ1) is 26.8. The molecule has 0 fully saturated rings. The Morgan fingerprint density at radius 1 is 0.873 bits per heavy atom. The van der Waals surface area contributed by atoms with Gasteiger partial charge in [-0.1, -0.05) is 66.8 Å². The molecule has 0 spiro atoms. The van der Waals surface area contributed by atoms with E-state index >= 15 is 8.63 Å². The molecule has 2 N–H and O–H groups in total. The van der Waals surface area contributed by atoms with Gasteiger partial charge in [-0.25, -0.2) is 0 Å². The highest BCUT2D eigenvalue weighted by atomic mass is 19.2. The fourth-order valence-electron chi connectivity index (χ4n) is 7.20. The Bertz CT molecular complexity index is 2450. The highest BCUT2D eigenvalue weighted by molar-refractivity contribution is 6.58. The van der Waals surface area contributed by atoms with Gasteiger partial charge in [0.1, 0.15) is 11.4 Å². The maximum Gasteiger partial charge on any atom is 0.737 e. The summed E-state index contributed by atoms with van der Waals surface area (Å²) in [5, 5.41) is 2.88. The van der Waals surface area contributed by atoms with Crippen LogP contribution in [-0.4, -0.2) is 51.6 Å². The van der Waals surface area contributed by atoms with Gasteiger partial charge in [0.2, 0.25) is 5.91 Å². The third kappa shape index (κ3) is 7.44. The first-order valence-electron chi connectivity index (χ1n) is 18.5. The molecule has 8 nitrogen and oxygen atoms in total. The summed E-state index contributed by atoms with van der Waals surface area (Å²) < 4.78 is 40.0. The number of fused-ring (bicyclic) bond motifs is 4. The van der Waals surface area contributed by atoms with Crippen molar-refractivity contribution < 1.29 is 27.4 Å². The normalized spacial score (nSPS) is 14.9. The predicted octanol–water partition coefficient (Wildman–Crippen LogP) is 7.64. The number of carbonyl (C=O) groups is 2. The molecule has 2 aromatic heterocycles. The molecule has 2 amide bonds. The van der Waals surface area contributed by atoms with Crippen molar-refractivity contribution in [3.8, 4) is 17.6 Å². The fraction of sp³-hybridized carbons (Fsp3) is 0.159. The van der Waals surface area contributed by atoms with Crippen molar-refractivity contribution >= 4 is 48.4 Å². The summed E-state index contributed by atoms with van der Waals surface area (Å²) in [4.78, 5) is 30.8. The van der Waals surface area contributed by atoms with E-state index in [0.717, 1.165) is 49.7 Å². The number of hydrogen-bond donors (Lipinski definition) is 2. The third-order valence-electron chi connectivity index (χ3n) is 9.98. The van der Waals surface area contributed by atoms with Crippen LogP contribution in [0, 0.1) is 11.8 Å². The number of para-hydroxylation sites is 1. The Kier molecular flexibility index (Phi) is 9.88. The van der Waals surface area contributed by atoms with Gasteiger partial charge in [-0.2, -0.15) is 0 Å². The largest absolute Gasteiger partial charge is 0.737 e. The SMILES string of the molecule is O=C(COc1ccc(/C=C/c2ccc3n2[B-](F)(F)[N+]2=C(c4ccc[nH]4)C=CC2=C3)cc1)NCCCCCC(=O)N1Cc2ccccc2C#Cc2ccccc21. The molecule has 5 aromatic rings. The molecular weight excluding hydrogens is 695 g/mol. The first kappa shape index (κ1) is 35.4.